The normalized spacial score (nSPS) is 11.1. The molecule has 0 bridgehead atoms. The van der Waals surface area contributed by atoms with Gasteiger partial charge in [-0.15, -0.1) is 17.7 Å². The first-order chi connectivity index (χ1) is 6.74. The number of aliphatic hydroxyl groups is 2. The highest BCUT2D eigenvalue weighted by atomic mass is 32.1. The van der Waals surface area contributed by atoms with Gasteiger partial charge < -0.3 is 10.2 Å². The van der Waals surface area contributed by atoms with E-state index in [0.717, 1.165) is 0 Å². The first-order valence-corrected chi connectivity index (χ1v) is 4.35. The van der Waals surface area contributed by atoms with Crippen molar-refractivity contribution in [1.29, 1.82) is 0 Å². The Morgan fingerprint density at radius 1 is 1.29 bits per heavy atom. The SMILES string of the molecule is OCc1cc(S)n2nc(CO)nc2n1. The van der Waals surface area contributed by atoms with Crippen molar-refractivity contribution in [3.63, 3.8) is 0 Å². The molecule has 0 aliphatic rings. The van der Waals surface area contributed by atoms with Gasteiger partial charge in [-0.25, -0.2) is 4.98 Å². The molecule has 2 aromatic rings. The second-order valence-corrected chi connectivity index (χ2v) is 3.12. The van der Waals surface area contributed by atoms with E-state index in [1.807, 2.05) is 0 Å². The van der Waals surface area contributed by atoms with Gasteiger partial charge in [0.25, 0.3) is 5.78 Å². The number of fused-ring (bicyclic) bond motifs is 1. The van der Waals surface area contributed by atoms with E-state index >= 15 is 0 Å². The third-order valence-corrected chi connectivity index (χ3v) is 2.01. The Morgan fingerprint density at radius 2 is 2.07 bits per heavy atom. The molecular weight excluding hydrogens is 204 g/mol. The molecule has 0 aromatic carbocycles. The van der Waals surface area contributed by atoms with Crippen LogP contribution >= 0.6 is 12.6 Å². The predicted molar refractivity (Wildman–Crippen MR) is 49.9 cm³/mol. The van der Waals surface area contributed by atoms with Crippen LogP contribution in [0, 0.1) is 0 Å². The molecule has 0 saturated carbocycles. The maximum absolute atomic E-state index is 8.88. The van der Waals surface area contributed by atoms with Crippen LogP contribution in [-0.2, 0) is 13.2 Å². The minimum absolute atomic E-state index is 0.175. The molecule has 0 spiro atoms. The van der Waals surface area contributed by atoms with Gasteiger partial charge in [0.15, 0.2) is 5.82 Å². The van der Waals surface area contributed by atoms with Gasteiger partial charge in [-0.05, 0) is 6.07 Å². The maximum Gasteiger partial charge on any atom is 0.253 e. The summed E-state index contributed by atoms with van der Waals surface area (Å²) in [6.45, 7) is -0.420. The molecule has 7 heteroatoms. The fourth-order valence-electron chi connectivity index (χ4n) is 1.09. The van der Waals surface area contributed by atoms with Gasteiger partial charge in [0.2, 0.25) is 0 Å². The molecule has 0 fully saturated rings. The molecular formula is C7H8N4O2S. The number of hydrogen-bond acceptors (Lipinski definition) is 6. The van der Waals surface area contributed by atoms with Crippen molar-refractivity contribution in [3.05, 3.63) is 17.6 Å². The lowest BCUT2D eigenvalue weighted by Gasteiger charge is -1.98. The van der Waals surface area contributed by atoms with E-state index in [0.29, 0.717) is 16.5 Å². The molecule has 2 N–H and O–H groups in total. The molecule has 0 aliphatic carbocycles. The van der Waals surface area contributed by atoms with Crippen LogP contribution in [0.4, 0.5) is 0 Å². The molecule has 0 aliphatic heterocycles. The zero-order valence-electron chi connectivity index (χ0n) is 7.12. The van der Waals surface area contributed by atoms with Gasteiger partial charge in [0, 0.05) is 0 Å². The lowest BCUT2D eigenvalue weighted by Crippen LogP contribution is -1.98. The monoisotopic (exact) mass is 212 g/mol. The topological polar surface area (TPSA) is 83.5 Å². The Morgan fingerprint density at radius 3 is 2.71 bits per heavy atom. The van der Waals surface area contributed by atoms with Gasteiger partial charge in [-0.1, -0.05) is 0 Å². The Kier molecular flexibility index (Phi) is 2.36. The fraction of sp³-hybridized carbons (Fsp3) is 0.286. The van der Waals surface area contributed by atoms with Gasteiger partial charge >= 0.3 is 0 Å². The van der Waals surface area contributed by atoms with Gasteiger partial charge in [0.1, 0.15) is 11.6 Å². The summed E-state index contributed by atoms with van der Waals surface area (Å²) in [7, 11) is 0. The van der Waals surface area contributed by atoms with Gasteiger partial charge in [-0.3, -0.25) is 0 Å². The Hall–Kier alpha value is -1.18. The molecule has 2 rings (SSSR count). The molecule has 2 heterocycles. The number of nitrogens with zero attached hydrogens (tertiary/aromatic N) is 4. The minimum Gasteiger partial charge on any atom is -0.390 e. The lowest BCUT2D eigenvalue weighted by atomic mass is 10.4. The van der Waals surface area contributed by atoms with E-state index < -0.39 is 0 Å². The average Bonchev–Trinajstić information content (AvgIpc) is 2.61. The van der Waals surface area contributed by atoms with E-state index in [1.54, 1.807) is 6.07 Å². The molecule has 0 amide bonds. The second-order valence-electron chi connectivity index (χ2n) is 2.66. The zero-order valence-corrected chi connectivity index (χ0v) is 8.02. The van der Waals surface area contributed by atoms with Crippen LogP contribution in [0.25, 0.3) is 5.78 Å². The van der Waals surface area contributed by atoms with Gasteiger partial charge in [0.05, 0.1) is 12.3 Å². The standard InChI is InChI=1S/C7H8N4O2S/c12-2-4-1-6(14)11-7(8-4)9-5(3-13)10-11/h1,12-14H,2-3H2. The minimum atomic E-state index is -0.245. The Balaban J connectivity index is 2.67. The van der Waals surface area contributed by atoms with Crippen LogP contribution in [0.3, 0.4) is 0 Å². The van der Waals surface area contributed by atoms with Crippen molar-refractivity contribution in [2.24, 2.45) is 0 Å². The van der Waals surface area contributed by atoms with Crippen molar-refractivity contribution in [2.75, 3.05) is 0 Å². The summed E-state index contributed by atoms with van der Waals surface area (Å²) >= 11 is 4.15. The third kappa shape index (κ3) is 1.45. The number of thiol groups is 1. The van der Waals surface area contributed by atoms with Crippen molar-refractivity contribution >= 4 is 18.4 Å². The summed E-state index contributed by atoms with van der Waals surface area (Å²) in [5.41, 5.74) is 0.472. The van der Waals surface area contributed by atoms with Crippen LogP contribution in [0.1, 0.15) is 11.5 Å². The molecule has 0 unspecified atom stereocenters. The van der Waals surface area contributed by atoms with Crippen LogP contribution < -0.4 is 0 Å². The molecule has 0 atom stereocenters. The molecule has 6 nitrogen and oxygen atoms in total. The first-order valence-electron chi connectivity index (χ1n) is 3.91. The summed E-state index contributed by atoms with van der Waals surface area (Å²) in [6, 6.07) is 1.59. The first kappa shape index (κ1) is 9.38. The zero-order chi connectivity index (χ0) is 10.1. The number of aliphatic hydroxyl groups excluding tert-OH is 2. The second kappa shape index (κ2) is 3.52. The largest absolute Gasteiger partial charge is 0.390 e. The lowest BCUT2D eigenvalue weighted by molar-refractivity contribution is 0.271. The van der Waals surface area contributed by atoms with E-state index in [4.69, 9.17) is 10.2 Å². The van der Waals surface area contributed by atoms with Crippen LogP contribution in [0.2, 0.25) is 0 Å². The number of rotatable bonds is 2. The highest BCUT2D eigenvalue weighted by molar-refractivity contribution is 7.80. The third-order valence-electron chi connectivity index (χ3n) is 1.69. The Labute approximate surface area is 84.7 Å². The summed E-state index contributed by atoms with van der Waals surface area (Å²) < 4.78 is 1.40. The quantitative estimate of drug-likeness (QED) is 0.457. The predicted octanol–water partition coefficient (Wildman–Crippen LogP) is -0.602. The van der Waals surface area contributed by atoms with E-state index in [1.165, 1.54) is 4.52 Å². The van der Waals surface area contributed by atoms with Crippen molar-refractivity contribution in [3.8, 4) is 0 Å². The highest BCUT2D eigenvalue weighted by Crippen LogP contribution is 2.10. The van der Waals surface area contributed by atoms with Crippen molar-refractivity contribution in [2.45, 2.75) is 18.2 Å². The summed E-state index contributed by atoms with van der Waals surface area (Å²) in [4.78, 5) is 7.93. The molecule has 74 valence electrons. The highest BCUT2D eigenvalue weighted by Gasteiger charge is 2.07. The Bertz CT molecular complexity index is 470. The summed E-state index contributed by atoms with van der Waals surface area (Å²) in [6.07, 6.45) is 0. The molecule has 2 aromatic heterocycles. The fourth-order valence-corrected chi connectivity index (χ4v) is 1.37. The number of aromatic nitrogens is 4. The molecule has 14 heavy (non-hydrogen) atoms. The van der Waals surface area contributed by atoms with E-state index in [2.05, 4.69) is 27.7 Å². The van der Waals surface area contributed by atoms with Gasteiger partial charge in [-0.2, -0.15) is 9.50 Å². The van der Waals surface area contributed by atoms with E-state index in [9.17, 15) is 0 Å². The number of hydrogen-bond donors (Lipinski definition) is 3. The summed E-state index contributed by atoms with van der Waals surface area (Å²) in [5, 5.41) is 22.2. The summed E-state index contributed by atoms with van der Waals surface area (Å²) in [5.74, 6) is 0.605. The van der Waals surface area contributed by atoms with E-state index in [-0.39, 0.29) is 19.0 Å². The van der Waals surface area contributed by atoms with Crippen LogP contribution in [0.15, 0.2) is 11.1 Å². The van der Waals surface area contributed by atoms with Crippen LogP contribution in [0.5, 0.6) is 0 Å². The van der Waals surface area contributed by atoms with Crippen molar-refractivity contribution < 1.29 is 10.2 Å². The van der Waals surface area contributed by atoms with Crippen LogP contribution in [-0.4, -0.2) is 29.8 Å². The smallest absolute Gasteiger partial charge is 0.253 e. The average molecular weight is 212 g/mol. The maximum atomic E-state index is 8.88. The van der Waals surface area contributed by atoms with Crippen molar-refractivity contribution in [1.82, 2.24) is 19.6 Å². The molecule has 0 radical (unpaired) electrons. The molecule has 0 saturated heterocycles.